The molecule has 0 saturated heterocycles. The third kappa shape index (κ3) is 3.54. The predicted octanol–water partition coefficient (Wildman–Crippen LogP) is 3.71. The standard InChI is InChI=1S/C17H11F3N6O/c18-17(19,20)16-23-12-6-2-1-5-11(12)15(25-16)22-9-13-24-14(26-27-13)10-4-3-7-21-8-10/h1-8H,9H2,(H,22,23,25). The fraction of sp³-hybridized carbons (Fsp3) is 0.118. The van der Waals surface area contributed by atoms with E-state index in [4.69, 9.17) is 4.52 Å². The van der Waals surface area contributed by atoms with Crippen molar-refractivity contribution in [2.24, 2.45) is 0 Å². The molecule has 0 aliphatic rings. The minimum Gasteiger partial charge on any atom is -0.360 e. The van der Waals surface area contributed by atoms with E-state index < -0.39 is 12.0 Å². The quantitative estimate of drug-likeness (QED) is 0.584. The minimum atomic E-state index is -4.65. The Bertz CT molecular complexity index is 1080. The van der Waals surface area contributed by atoms with E-state index in [9.17, 15) is 13.2 Å². The van der Waals surface area contributed by atoms with Crippen molar-refractivity contribution >= 4 is 16.7 Å². The lowest BCUT2D eigenvalue weighted by Crippen LogP contribution is -2.13. The van der Waals surface area contributed by atoms with Gasteiger partial charge in [0.1, 0.15) is 5.82 Å². The Kier molecular flexibility index (Phi) is 4.15. The molecule has 3 aromatic heterocycles. The average Bonchev–Trinajstić information content (AvgIpc) is 3.15. The lowest BCUT2D eigenvalue weighted by molar-refractivity contribution is -0.144. The van der Waals surface area contributed by atoms with Crippen LogP contribution in [0.4, 0.5) is 19.0 Å². The van der Waals surface area contributed by atoms with Crippen molar-refractivity contribution in [1.82, 2.24) is 25.1 Å². The minimum absolute atomic E-state index is 0.00552. The Morgan fingerprint density at radius 3 is 2.63 bits per heavy atom. The second kappa shape index (κ2) is 6.63. The molecule has 0 amide bonds. The summed E-state index contributed by atoms with van der Waals surface area (Å²) in [5.41, 5.74) is 0.850. The van der Waals surface area contributed by atoms with Crippen molar-refractivity contribution in [3.63, 3.8) is 0 Å². The Morgan fingerprint density at radius 2 is 1.85 bits per heavy atom. The van der Waals surface area contributed by atoms with Crippen LogP contribution in [0.25, 0.3) is 22.3 Å². The van der Waals surface area contributed by atoms with Gasteiger partial charge in [0.25, 0.3) is 0 Å². The van der Waals surface area contributed by atoms with Crippen molar-refractivity contribution in [2.45, 2.75) is 12.7 Å². The Morgan fingerprint density at radius 1 is 1.00 bits per heavy atom. The third-order valence-electron chi connectivity index (χ3n) is 3.65. The summed E-state index contributed by atoms with van der Waals surface area (Å²) in [4.78, 5) is 15.3. The van der Waals surface area contributed by atoms with Gasteiger partial charge in [-0.2, -0.15) is 18.2 Å². The van der Waals surface area contributed by atoms with Crippen molar-refractivity contribution in [3.05, 3.63) is 60.5 Å². The smallest absolute Gasteiger partial charge is 0.360 e. The lowest BCUT2D eigenvalue weighted by atomic mass is 10.2. The number of nitrogens with one attached hydrogen (secondary N) is 1. The highest BCUT2D eigenvalue weighted by molar-refractivity contribution is 5.89. The van der Waals surface area contributed by atoms with E-state index in [1.807, 2.05) is 0 Å². The number of hydrogen-bond donors (Lipinski definition) is 1. The zero-order chi connectivity index (χ0) is 18.9. The fourth-order valence-electron chi connectivity index (χ4n) is 2.44. The molecule has 0 aliphatic heterocycles. The first-order valence-electron chi connectivity index (χ1n) is 7.81. The van der Waals surface area contributed by atoms with Crippen LogP contribution in [-0.4, -0.2) is 25.1 Å². The monoisotopic (exact) mass is 372 g/mol. The number of alkyl halides is 3. The van der Waals surface area contributed by atoms with Crippen LogP contribution in [0.1, 0.15) is 11.7 Å². The number of halogens is 3. The van der Waals surface area contributed by atoms with Crippen LogP contribution in [0.15, 0.2) is 53.3 Å². The molecule has 4 aromatic rings. The van der Waals surface area contributed by atoms with Gasteiger partial charge in [-0.1, -0.05) is 17.3 Å². The number of anilines is 1. The van der Waals surface area contributed by atoms with Crippen molar-refractivity contribution < 1.29 is 17.7 Å². The number of benzene rings is 1. The summed E-state index contributed by atoms with van der Waals surface area (Å²) in [6, 6.07) is 9.92. The summed E-state index contributed by atoms with van der Waals surface area (Å²) in [6.45, 7) is 0.00552. The fourth-order valence-corrected chi connectivity index (χ4v) is 2.44. The van der Waals surface area contributed by atoms with Gasteiger partial charge in [0.05, 0.1) is 12.1 Å². The van der Waals surface area contributed by atoms with Crippen LogP contribution in [0.3, 0.4) is 0 Å². The molecular weight excluding hydrogens is 361 g/mol. The van der Waals surface area contributed by atoms with Crippen LogP contribution in [0.2, 0.25) is 0 Å². The van der Waals surface area contributed by atoms with Gasteiger partial charge in [-0.05, 0) is 24.3 Å². The molecule has 3 heterocycles. The Labute approximate surface area is 150 Å². The zero-order valence-corrected chi connectivity index (χ0v) is 13.6. The summed E-state index contributed by atoms with van der Waals surface area (Å²) in [5, 5.41) is 7.11. The highest BCUT2D eigenvalue weighted by Crippen LogP contribution is 2.30. The second-order valence-electron chi connectivity index (χ2n) is 5.52. The molecule has 0 unspecified atom stereocenters. The molecule has 0 spiro atoms. The maximum atomic E-state index is 13.1. The Hall–Kier alpha value is -3.56. The van der Waals surface area contributed by atoms with Gasteiger partial charge >= 0.3 is 6.18 Å². The summed E-state index contributed by atoms with van der Waals surface area (Å²) in [7, 11) is 0. The van der Waals surface area contributed by atoms with Gasteiger partial charge < -0.3 is 9.84 Å². The molecule has 0 aliphatic carbocycles. The van der Waals surface area contributed by atoms with Gasteiger partial charge in [-0.15, -0.1) is 0 Å². The zero-order valence-electron chi connectivity index (χ0n) is 13.6. The molecule has 0 saturated carbocycles. The Balaban J connectivity index is 1.61. The molecule has 0 fully saturated rings. The molecule has 0 atom stereocenters. The van der Waals surface area contributed by atoms with Gasteiger partial charge in [-0.25, -0.2) is 9.97 Å². The largest absolute Gasteiger partial charge is 0.451 e. The second-order valence-corrected chi connectivity index (χ2v) is 5.52. The van der Waals surface area contributed by atoms with Crippen LogP contribution >= 0.6 is 0 Å². The number of rotatable bonds is 4. The SMILES string of the molecule is FC(F)(F)c1nc(NCc2nc(-c3cccnc3)no2)c2ccccc2n1. The predicted molar refractivity (Wildman–Crippen MR) is 89.4 cm³/mol. The maximum absolute atomic E-state index is 13.1. The summed E-state index contributed by atoms with van der Waals surface area (Å²) < 4.78 is 44.3. The molecule has 1 aromatic carbocycles. The number of nitrogens with zero attached hydrogens (tertiary/aromatic N) is 5. The van der Waals surface area contributed by atoms with Crippen LogP contribution in [0.5, 0.6) is 0 Å². The van der Waals surface area contributed by atoms with E-state index in [0.29, 0.717) is 16.8 Å². The number of pyridine rings is 1. The molecule has 0 bridgehead atoms. The van der Waals surface area contributed by atoms with E-state index in [0.717, 1.165) is 0 Å². The highest BCUT2D eigenvalue weighted by Gasteiger charge is 2.35. The van der Waals surface area contributed by atoms with E-state index in [1.165, 1.54) is 6.07 Å². The van der Waals surface area contributed by atoms with E-state index in [2.05, 4.69) is 30.4 Å². The third-order valence-corrected chi connectivity index (χ3v) is 3.65. The van der Waals surface area contributed by atoms with Gasteiger partial charge in [0.2, 0.25) is 17.5 Å². The van der Waals surface area contributed by atoms with Crippen molar-refractivity contribution in [1.29, 1.82) is 0 Å². The first-order chi connectivity index (χ1) is 13.0. The van der Waals surface area contributed by atoms with Crippen LogP contribution < -0.4 is 5.32 Å². The highest BCUT2D eigenvalue weighted by atomic mass is 19.4. The summed E-state index contributed by atoms with van der Waals surface area (Å²) in [5.74, 6) is -0.645. The van der Waals surface area contributed by atoms with Crippen LogP contribution in [-0.2, 0) is 12.7 Å². The molecule has 0 radical (unpaired) electrons. The molecule has 10 heteroatoms. The van der Waals surface area contributed by atoms with E-state index >= 15 is 0 Å². The van der Waals surface area contributed by atoms with Crippen molar-refractivity contribution in [2.75, 3.05) is 5.32 Å². The van der Waals surface area contributed by atoms with E-state index in [-0.39, 0.29) is 23.8 Å². The molecule has 27 heavy (non-hydrogen) atoms. The number of aromatic nitrogens is 5. The first-order valence-corrected chi connectivity index (χ1v) is 7.81. The first kappa shape index (κ1) is 16.9. The normalized spacial score (nSPS) is 11.7. The van der Waals surface area contributed by atoms with Crippen LogP contribution in [0, 0.1) is 0 Å². The van der Waals surface area contributed by atoms with Gasteiger partial charge in [0, 0.05) is 23.3 Å². The average molecular weight is 372 g/mol. The molecule has 4 rings (SSSR count). The van der Waals surface area contributed by atoms with Crippen molar-refractivity contribution in [3.8, 4) is 11.4 Å². The molecule has 136 valence electrons. The summed E-state index contributed by atoms with van der Waals surface area (Å²) >= 11 is 0. The van der Waals surface area contributed by atoms with Gasteiger partial charge in [-0.3, -0.25) is 4.98 Å². The molecular formula is C17H11F3N6O. The number of para-hydroxylation sites is 1. The maximum Gasteiger partial charge on any atom is 0.451 e. The molecule has 7 nitrogen and oxygen atoms in total. The lowest BCUT2D eigenvalue weighted by Gasteiger charge is -2.11. The number of hydrogen-bond acceptors (Lipinski definition) is 7. The topological polar surface area (TPSA) is 89.6 Å². The number of fused-ring (bicyclic) bond motifs is 1. The van der Waals surface area contributed by atoms with Gasteiger partial charge in [0.15, 0.2) is 0 Å². The van der Waals surface area contributed by atoms with E-state index in [1.54, 1.807) is 42.7 Å². The summed E-state index contributed by atoms with van der Waals surface area (Å²) in [6.07, 6.45) is -1.46. The molecule has 1 N–H and O–H groups in total.